The fraction of sp³-hybridized carbons (Fsp3) is 0.625. The van der Waals surface area contributed by atoms with Gasteiger partial charge in [-0.05, 0) is 39.8 Å². The summed E-state index contributed by atoms with van der Waals surface area (Å²) in [6.07, 6.45) is 1.36. The van der Waals surface area contributed by atoms with E-state index in [4.69, 9.17) is 4.74 Å². The number of hydrogen-bond donors (Lipinski definition) is 2. The van der Waals surface area contributed by atoms with Gasteiger partial charge >= 0.3 is 12.1 Å². The quantitative estimate of drug-likeness (QED) is 0.889. The van der Waals surface area contributed by atoms with E-state index < -0.39 is 23.7 Å². The van der Waals surface area contributed by atoms with Crippen molar-refractivity contribution < 1.29 is 19.4 Å². The van der Waals surface area contributed by atoms with Gasteiger partial charge in [0, 0.05) is 31.0 Å². The number of ether oxygens (including phenoxy) is 1. The standard InChI is InChI=1S/C16H25N3O4/c1-11(12-6-5-7-17-12)19-9-8-18(10-13(19)14(20)21)15(22)23-16(2,3)4/h5-7,11,13,17H,8-10H2,1-4H3,(H,20,21)/t11-,13-/m1/s1. The Labute approximate surface area is 136 Å². The van der Waals surface area contributed by atoms with E-state index in [2.05, 4.69) is 4.98 Å². The molecule has 0 saturated carbocycles. The predicted molar refractivity (Wildman–Crippen MR) is 85.1 cm³/mol. The Morgan fingerprint density at radius 1 is 1.39 bits per heavy atom. The number of nitrogens with zero attached hydrogens (tertiary/aromatic N) is 2. The number of aliphatic carboxylic acids is 1. The number of piperazine rings is 1. The third-order valence-corrected chi connectivity index (χ3v) is 3.93. The molecular formula is C16H25N3O4. The summed E-state index contributed by atoms with van der Waals surface area (Å²) in [4.78, 5) is 30.3. The Balaban J connectivity index is 2.09. The number of aromatic amines is 1. The van der Waals surface area contributed by atoms with Crippen LogP contribution >= 0.6 is 0 Å². The first-order valence-corrected chi connectivity index (χ1v) is 7.79. The SMILES string of the molecule is C[C@H](c1ccc[nH]1)N1CCN(C(=O)OC(C)(C)C)C[C@@H]1C(=O)O. The summed E-state index contributed by atoms with van der Waals surface area (Å²) in [5, 5.41) is 9.56. The molecule has 2 N–H and O–H groups in total. The van der Waals surface area contributed by atoms with Crippen molar-refractivity contribution in [1.82, 2.24) is 14.8 Å². The third-order valence-electron chi connectivity index (χ3n) is 3.93. The van der Waals surface area contributed by atoms with E-state index in [0.29, 0.717) is 13.1 Å². The molecule has 1 aromatic rings. The molecule has 23 heavy (non-hydrogen) atoms. The molecule has 1 aliphatic rings. The van der Waals surface area contributed by atoms with Gasteiger partial charge in [-0.1, -0.05) is 0 Å². The normalized spacial score (nSPS) is 21.0. The average molecular weight is 323 g/mol. The van der Waals surface area contributed by atoms with Crippen LogP contribution in [-0.4, -0.2) is 63.2 Å². The molecule has 1 saturated heterocycles. The molecule has 7 heteroatoms. The van der Waals surface area contributed by atoms with Crippen molar-refractivity contribution in [2.24, 2.45) is 0 Å². The van der Waals surface area contributed by atoms with Crippen LogP contribution in [0, 0.1) is 0 Å². The molecular weight excluding hydrogens is 298 g/mol. The molecule has 0 bridgehead atoms. The highest BCUT2D eigenvalue weighted by atomic mass is 16.6. The van der Waals surface area contributed by atoms with Gasteiger partial charge in [-0.15, -0.1) is 0 Å². The molecule has 0 radical (unpaired) electrons. The first-order chi connectivity index (χ1) is 10.7. The van der Waals surface area contributed by atoms with Crippen LogP contribution in [0.2, 0.25) is 0 Å². The maximum absolute atomic E-state index is 12.2. The number of H-pyrrole nitrogens is 1. The first kappa shape index (κ1) is 17.3. The van der Waals surface area contributed by atoms with Gasteiger partial charge in [-0.3, -0.25) is 9.69 Å². The molecule has 1 fully saturated rings. The van der Waals surface area contributed by atoms with Gasteiger partial charge in [0.15, 0.2) is 0 Å². The Bertz CT molecular complexity index is 550. The van der Waals surface area contributed by atoms with Crippen LogP contribution in [0.15, 0.2) is 18.3 Å². The molecule has 0 aromatic carbocycles. The number of carboxylic acid groups (broad SMARTS) is 1. The largest absolute Gasteiger partial charge is 0.480 e. The molecule has 1 amide bonds. The van der Waals surface area contributed by atoms with Crippen LogP contribution in [0.4, 0.5) is 4.79 Å². The number of hydrogen-bond acceptors (Lipinski definition) is 4. The maximum atomic E-state index is 12.2. The summed E-state index contributed by atoms with van der Waals surface area (Å²) in [7, 11) is 0. The van der Waals surface area contributed by atoms with Crippen molar-refractivity contribution in [2.75, 3.05) is 19.6 Å². The van der Waals surface area contributed by atoms with Crippen LogP contribution < -0.4 is 0 Å². The zero-order valence-electron chi connectivity index (χ0n) is 14.1. The first-order valence-electron chi connectivity index (χ1n) is 7.79. The number of amides is 1. The van der Waals surface area contributed by atoms with Crippen molar-refractivity contribution in [3.05, 3.63) is 24.0 Å². The molecule has 1 aromatic heterocycles. The zero-order valence-corrected chi connectivity index (χ0v) is 14.1. The van der Waals surface area contributed by atoms with E-state index in [1.54, 1.807) is 20.8 Å². The van der Waals surface area contributed by atoms with Crippen molar-refractivity contribution in [3.8, 4) is 0 Å². The molecule has 128 valence electrons. The monoisotopic (exact) mass is 323 g/mol. The highest BCUT2D eigenvalue weighted by molar-refractivity contribution is 5.76. The Morgan fingerprint density at radius 3 is 2.61 bits per heavy atom. The second kappa shape index (κ2) is 6.62. The smallest absolute Gasteiger partial charge is 0.410 e. The van der Waals surface area contributed by atoms with Gasteiger partial charge in [-0.25, -0.2) is 4.79 Å². The van der Waals surface area contributed by atoms with E-state index in [1.165, 1.54) is 4.90 Å². The van der Waals surface area contributed by atoms with Crippen LogP contribution in [-0.2, 0) is 9.53 Å². The molecule has 2 rings (SSSR count). The second-order valence-corrected chi connectivity index (χ2v) is 6.82. The van der Waals surface area contributed by atoms with Gasteiger partial charge in [0.1, 0.15) is 11.6 Å². The molecule has 2 atom stereocenters. The molecule has 1 aliphatic heterocycles. The van der Waals surface area contributed by atoms with Crippen molar-refractivity contribution in [1.29, 1.82) is 0 Å². The van der Waals surface area contributed by atoms with Crippen LogP contribution in [0.3, 0.4) is 0 Å². The van der Waals surface area contributed by atoms with Gasteiger partial charge in [0.25, 0.3) is 0 Å². The number of carbonyl (C=O) groups is 2. The number of carbonyl (C=O) groups excluding carboxylic acids is 1. The van der Waals surface area contributed by atoms with Crippen LogP contribution in [0.5, 0.6) is 0 Å². The summed E-state index contributed by atoms with van der Waals surface area (Å²) in [5.74, 6) is -0.934. The van der Waals surface area contributed by atoms with Crippen molar-refractivity contribution in [2.45, 2.75) is 45.4 Å². The fourth-order valence-corrected chi connectivity index (χ4v) is 2.76. The lowest BCUT2D eigenvalue weighted by Gasteiger charge is -2.42. The Morgan fingerprint density at radius 2 is 2.09 bits per heavy atom. The minimum Gasteiger partial charge on any atom is -0.480 e. The second-order valence-electron chi connectivity index (χ2n) is 6.82. The molecule has 7 nitrogen and oxygen atoms in total. The van der Waals surface area contributed by atoms with Gasteiger partial charge in [-0.2, -0.15) is 0 Å². The lowest BCUT2D eigenvalue weighted by atomic mass is 10.1. The van der Waals surface area contributed by atoms with Gasteiger partial charge < -0.3 is 19.7 Å². The highest BCUT2D eigenvalue weighted by Crippen LogP contribution is 2.25. The minimum atomic E-state index is -0.934. The highest BCUT2D eigenvalue weighted by Gasteiger charge is 2.38. The van der Waals surface area contributed by atoms with Crippen LogP contribution in [0.25, 0.3) is 0 Å². The lowest BCUT2D eigenvalue weighted by Crippen LogP contribution is -2.58. The number of aromatic nitrogens is 1. The summed E-state index contributed by atoms with van der Waals surface area (Å²) in [6.45, 7) is 8.40. The van der Waals surface area contributed by atoms with Crippen molar-refractivity contribution in [3.63, 3.8) is 0 Å². The molecule has 2 heterocycles. The van der Waals surface area contributed by atoms with E-state index >= 15 is 0 Å². The maximum Gasteiger partial charge on any atom is 0.410 e. The Hall–Kier alpha value is -2.02. The topological polar surface area (TPSA) is 85.9 Å². The Kier molecular flexibility index (Phi) is 4.99. The van der Waals surface area contributed by atoms with Crippen molar-refractivity contribution >= 4 is 12.1 Å². The van der Waals surface area contributed by atoms with E-state index in [0.717, 1.165) is 5.69 Å². The number of rotatable bonds is 3. The third kappa shape index (κ3) is 4.25. The van der Waals surface area contributed by atoms with Gasteiger partial charge in [0.2, 0.25) is 0 Å². The average Bonchev–Trinajstić information content (AvgIpc) is 2.98. The minimum absolute atomic E-state index is 0.0631. The summed E-state index contributed by atoms with van der Waals surface area (Å²) in [6, 6.07) is 3.00. The number of carboxylic acids is 1. The van der Waals surface area contributed by atoms with Gasteiger partial charge in [0.05, 0.1) is 6.54 Å². The van der Waals surface area contributed by atoms with E-state index in [-0.39, 0.29) is 12.6 Å². The van der Waals surface area contributed by atoms with Crippen LogP contribution in [0.1, 0.15) is 39.4 Å². The lowest BCUT2D eigenvalue weighted by molar-refractivity contribution is -0.147. The molecule has 0 aliphatic carbocycles. The summed E-state index contributed by atoms with van der Waals surface area (Å²) in [5.41, 5.74) is 0.367. The molecule has 0 unspecified atom stereocenters. The fourth-order valence-electron chi connectivity index (χ4n) is 2.76. The predicted octanol–water partition coefficient (Wildman–Crippen LogP) is 2.08. The summed E-state index contributed by atoms with van der Waals surface area (Å²) >= 11 is 0. The van der Waals surface area contributed by atoms with E-state index in [1.807, 2.05) is 30.2 Å². The summed E-state index contributed by atoms with van der Waals surface area (Å²) < 4.78 is 5.34. The number of nitrogens with one attached hydrogen (secondary N) is 1. The zero-order chi connectivity index (χ0) is 17.2. The van der Waals surface area contributed by atoms with E-state index in [9.17, 15) is 14.7 Å². The molecule has 0 spiro atoms.